The highest BCUT2D eigenvalue weighted by molar-refractivity contribution is 7.07. The van der Waals surface area contributed by atoms with Gasteiger partial charge in [0.05, 0.1) is 0 Å². The molecule has 0 fully saturated rings. The van der Waals surface area contributed by atoms with Crippen molar-refractivity contribution in [3.05, 3.63) is 22.4 Å². The topological polar surface area (TPSA) is 26.0 Å². The van der Waals surface area contributed by atoms with Crippen molar-refractivity contribution in [2.45, 2.75) is 18.1 Å². The maximum absolute atomic E-state index is 12.6. The number of alkyl halides is 5. The van der Waals surface area contributed by atoms with Gasteiger partial charge in [-0.1, -0.05) is 0 Å². The number of thiophene rings is 1. The van der Waals surface area contributed by atoms with E-state index in [1.165, 1.54) is 10.8 Å². The lowest BCUT2D eigenvalue weighted by Crippen LogP contribution is -2.45. The van der Waals surface area contributed by atoms with Crippen molar-refractivity contribution in [1.82, 2.24) is 0 Å². The molecule has 14 heavy (non-hydrogen) atoms. The summed E-state index contributed by atoms with van der Waals surface area (Å²) >= 11 is 1.01. The summed E-state index contributed by atoms with van der Waals surface area (Å²) in [6, 6.07) is -1.19. The molecular formula is C7H6F5NS. The number of hydrogen-bond donors (Lipinski definition) is 1. The van der Waals surface area contributed by atoms with Crippen molar-refractivity contribution in [2.24, 2.45) is 5.73 Å². The van der Waals surface area contributed by atoms with Crippen LogP contribution in [0.1, 0.15) is 11.6 Å². The first-order valence-corrected chi connectivity index (χ1v) is 4.43. The molecule has 0 aliphatic heterocycles. The minimum atomic E-state index is -5.62. The third-order valence-electron chi connectivity index (χ3n) is 1.67. The Morgan fingerprint density at radius 1 is 1.21 bits per heavy atom. The minimum absolute atomic E-state index is 0.211. The Balaban J connectivity index is 2.94. The van der Waals surface area contributed by atoms with Gasteiger partial charge in [0.25, 0.3) is 0 Å². The Bertz CT molecular complexity index is 292. The summed E-state index contributed by atoms with van der Waals surface area (Å²) in [6.45, 7) is 0. The molecule has 2 N–H and O–H groups in total. The van der Waals surface area contributed by atoms with E-state index in [9.17, 15) is 22.0 Å². The molecule has 0 aliphatic rings. The normalized spacial score (nSPS) is 15.6. The van der Waals surface area contributed by atoms with Crippen LogP contribution in [-0.2, 0) is 0 Å². The molecule has 0 saturated heterocycles. The van der Waals surface area contributed by atoms with E-state index >= 15 is 0 Å². The van der Waals surface area contributed by atoms with Crippen molar-refractivity contribution >= 4 is 11.3 Å². The number of nitrogens with two attached hydrogens (primary N) is 1. The highest BCUT2D eigenvalue weighted by atomic mass is 32.1. The third-order valence-corrected chi connectivity index (χ3v) is 2.37. The largest absolute Gasteiger partial charge is 0.455 e. The fourth-order valence-corrected chi connectivity index (χ4v) is 1.53. The van der Waals surface area contributed by atoms with Crippen LogP contribution in [-0.4, -0.2) is 12.1 Å². The second-order valence-electron chi connectivity index (χ2n) is 2.66. The van der Waals surface area contributed by atoms with Crippen LogP contribution in [0.4, 0.5) is 22.0 Å². The van der Waals surface area contributed by atoms with Crippen LogP contribution in [0.2, 0.25) is 0 Å². The fraction of sp³-hybridized carbons (Fsp3) is 0.429. The fourth-order valence-electron chi connectivity index (χ4n) is 0.838. The Kier molecular flexibility index (Phi) is 2.82. The molecule has 1 nitrogen and oxygen atoms in total. The van der Waals surface area contributed by atoms with E-state index in [0.717, 1.165) is 17.4 Å². The highest BCUT2D eigenvalue weighted by Crippen LogP contribution is 2.43. The SMILES string of the molecule is N[C@H](c1ccsc1)C(F)(F)C(F)(F)F. The molecule has 0 unspecified atom stereocenters. The van der Waals surface area contributed by atoms with Gasteiger partial charge >= 0.3 is 12.1 Å². The van der Waals surface area contributed by atoms with Gasteiger partial charge < -0.3 is 5.73 Å². The zero-order chi connectivity index (χ0) is 11.0. The molecule has 7 heteroatoms. The van der Waals surface area contributed by atoms with Crippen LogP contribution in [0.5, 0.6) is 0 Å². The lowest BCUT2D eigenvalue weighted by molar-refractivity contribution is -0.290. The Labute approximate surface area is 80.3 Å². The molecule has 0 spiro atoms. The van der Waals surface area contributed by atoms with Crippen LogP contribution in [0.3, 0.4) is 0 Å². The molecule has 1 heterocycles. The summed E-state index contributed by atoms with van der Waals surface area (Å²) in [4.78, 5) is 0. The molecule has 0 radical (unpaired) electrons. The van der Waals surface area contributed by atoms with Gasteiger partial charge in [-0.15, -0.1) is 0 Å². The average Bonchev–Trinajstić information content (AvgIpc) is 2.52. The maximum atomic E-state index is 12.6. The van der Waals surface area contributed by atoms with E-state index in [0.29, 0.717) is 0 Å². The minimum Gasteiger partial charge on any atom is -0.319 e. The lowest BCUT2D eigenvalue weighted by Gasteiger charge is -2.25. The van der Waals surface area contributed by atoms with Crippen molar-refractivity contribution in [3.8, 4) is 0 Å². The van der Waals surface area contributed by atoms with Crippen LogP contribution in [0, 0.1) is 0 Å². The van der Waals surface area contributed by atoms with Gasteiger partial charge in [-0.2, -0.15) is 33.3 Å². The molecule has 1 aromatic rings. The van der Waals surface area contributed by atoms with Crippen molar-refractivity contribution < 1.29 is 22.0 Å². The van der Waals surface area contributed by atoms with E-state index in [4.69, 9.17) is 5.73 Å². The third kappa shape index (κ3) is 1.88. The van der Waals surface area contributed by atoms with Crippen molar-refractivity contribution in [3.63, 3.8) is 0 Å². The number of rotatable bonds is 2. The van der Waals surface area contributed by atoms with E-state index in [1.807, 2.05) is 0 Å². The van der Waals surface area contributed by atoms with Gasteiger partial charge in [-0.3, -0.25) is 0 Å². The molecule has 1 rings (SSSR count). The quantitative estimate of drug-likeness (QED) is 0.778. The van der Waals surface area contributed by atoms with Gasteiger partial charge in [-0.25, -0.2) is 0 Å². The monoisotopic (exact) mass is 231 g/mol. The Morgan fingerprint density at radius 2 is 1.79 bits per heavy atom. The van der Waals surface area contributed by atoms with Crippen molar-refractivity contribution in [2.75, 3.05) is 0 Å². The van der Waals surface area contributed by atoms with Gasteiger partial charge in [0, 0.05) is 0 Å². The number of halogens is 5. The van der Waals surface area contributed by atoms with E-state index in [1.54, 1.807) is 0 Å². The summed E-state index contributed by atoms with van der Waals surface area (Å²) in [5, 5.41) is 2.56. The van der Waals surface area contributed by atoms with Crippen LogP contribution in [0.25, 0.3) is 0 Å². The summed E-state index contributed by atoms with van der Waals surface area (Å²) in [6.07, 6.45) is -5.62. The number of hydrogen-bond acceptors (Lipinski definition) is 2. The lowest BCUT2D eigenvalue weighted by atomic mass is 10.0. The standard InChI is InChI=1S/C7H6F5NS/c8-6(9,7(10,11)12)5(13)4-1-2-14-3-4/h1-3,5H,13H2/t5-/m1/s1. The smallest absolute Gasteiger partial charge is 0.319 e. The van der Waals surface area contributed by atoms with Gasteiger partial charge in [0.1, 0.15) is 6.04 Å². The van der Waals surface area contributed by atoms with Gasteiger partial charge in [0.2, 0.25) is 0 Å². The molecule has 1 atom stereocenters. The summed E-state index contributed by atoms with van der Waals surface area (Å²) < 4.78 is 60.8. The Morgan fingerprint density at radius 3 is 2.14 bits per heavy atom. The molecule has 80 valence electrons. The van der Waals surface area contributed by atoms with Gasteiger partial charge in [0.15, 0.2) is 0 Å². The van der Waals surface area contributed by atoms with Crippen molar-refractivity contribution in [1.29, 1.82) is 0 Å². The zero-order valence-electron chi connectivity index (χ0n) is 6.68. The van der Waals surface area contributed by atoms with Crippen LogP contribution in [0.15, 0.2) is 16.8 Å². The zero-order valence-corrected chi connectivity index (χ0v) is 7.50. The summed E-state index contributed by atoms with van der Waals surface area (Å²) in [5.74, 6) is -4.89. The predicted octanol–water partition coefficient (Wildman–Crippen LogP) is 2.95. The molecule has 0 amide bonds. The summed E-state index contributed by atoms with van der Waals surface area (Å²) in [5.41, 5.74) is 4.63. The van der Waals surface area contributed by atoms with Crippen LogP contribution >= 0.6 is 11.3 Å². The van der Waals surface area contributed by atoms with E-state index in [2.05, 4.69) is 0 Å². The van der Waals surface area contributed by atoms with Crippen LogP contribution < -0.4 is 5.73 Å². The first kappa shape index (κ1) is 11.4. The Hall–Kier alpha value is -0.690. The molecular weight excluding hydrogens is 225 g/mol. The summed E-state index contributed by atoms with van der Waals surface area (Å²) in [7, 11) is 0. The maximum Gasteiger partial charge on any atom is 0.455 e. The first-order valence-electron chi connectivity index (χ1n) is 3.49. The molecule has 0 saturated carbocycles. The molecule has 1 aromatic heterocycles. The molecule has 0 aromatic carbocycles. The second-order valence-corrected chi connectivity index (χ2v) is 3.44. The van der Waals surface area contributed by atoms with Gasteiger partial charge in [-0.05, 0) is 22.4 Å². The molecule has 0 aliphatic carbocycles. The average molecular weight is 231 g/mol. The highest BCUT2D eigenvalue weighted by Gasteiger charge is 2.61. The predicted molar refractivity (Wildman–Crippen MR) is 42.2 cm³/mol. The second kappa shape index (κ2) is 3.47. The van der Waals surface area contributed by atoms with E-state index < -0.39 is 18.1 Å². The first-order chi connectivity index (χ1) is 6.27. The molecule has 0 bridgehead atoms. The van der Waals surface area contributed by atoms with E-state index in [-0.39, 0.29) is 5.56 Å².